The third kappa shape index (κ3) is 21.0. The van der Waals surface area contributed by atoms with Crippen molar-refractivity contribution in [1.29, 1.82) is 0 Å². The molecule has 0 radical (unpaired) electrons. The van der Waals surface area contributed by atoms with E-state index in [1.54, 1.807) is 34.2 Å². The Kier molecular flexibility index (Phi) is 27.6. The van der Waals surface area contributed by atoms with E-state index in [4.69, 9.17) is 0 Å². The Balaban J connectivity index is 0.000000160. The molecule has 0 aliphatic carbocycles. The molecule has 0 amide bonds. The predicted octanol–water partition coefficient (Wildman–Crippen LogP) is 11.7. The van der Waals surface area contributed by atoms with Crippen molar-refractivity contribution in [2.24, 2.45) is 0 Å². The fraction of sp³-hybridized carbons (Fsp3) is 0.167. The molecule has 0 unspecified atom stereocenters. The van der Waals surface area contributed by atoms with Gasteiger partial charge in [-0.3, -0.25) is 9.36 Å². The average Bonchev–Trinajstić information content (AvgIpc) is 1.74. The molecule has 105 heavy (non-hydrogen) atoms. The average molecular weight is 1750 g/mol. The summed E-state index contributed by atoms with van der Waals surface area (Å²) < 4.78 is 7.26. The summed E-state index contributed by atoms with van der Waals surface area (Å²) in [5.74, 6) is 2.59. The molecule has 12 heterocycles. The zero-order valence-electron chi connectivity index (χ0n) is 58.4. The summed E-state index contributed by atoms with van der Waals surface area (Å²) in [6.45, 7) is 17.6. The number of hydrogen-bond donors (Lipinski definition) is 0. The van der Waals surface area contributed by atoms with E-state index >= 15 is 0 Å². The Morgan fingerprint density at radius 1 is 0.333 bits per heavy atom. The molecule has 27 heteroatoms. The third-order valence-electron chi connectivity index (χ3n) is 15.6. The topological polar surface area (TPSA) is 269 Å². The van der Waals surface area contributed by atoms with Crippen molar-refractivity contribution in [2.45, 2.75) is 88.0 Å². The first-order valence-electron chi connectivity index (χ1n) is 32.6. The summed E-state index contributed by atoms with van der Waals surface area (Å²) in [7, 11) is 0. The van der Waals surface area contributed by atoms with Crippen LogP contribution in [-0.4, -0.2) is 94.4 Å². The van der Waals surface area contributed by atoms with Crippen molar-refractivity contribution in [2.75, 3.05) is 0 Å². The monoisotopic (exact) mass is 1750 g/mol. The zero-order chi connectivity index (χ0) is 69.8. The number of aromatic nitrogens is 23. The van der Waals surface area contributed by atoms with Crippen LogP contribution in [0.2, 0.25) is 0 Å². The molecule has 0 saturated carbocycles. The number of nitrogens with zero attached hydrogens (tertiary/aromatic N) is 23. The van der Waals surface area contributed by atoms with E-state index in [1.165, 1.54) is 0 Å². The van der Waals surface area contributed by atoms with Gasteiger partial charge in [-0.25, -0.2) is 55.6 Å². The number of aryl methyl sites for hydroxylation is 9. The standard InChI is InChI=1S/2C20H18N6.C19H16N6.C19H15N5.4Pd/c1-13-10-19(24-23-13)20-21-8-7-17(22-20)11-16-5-4-6-18(12-16)26-15(3)9-14(2)25-26;1-13-10-19(24-23-13)17-6-4-5-16(11-17)12-18-7-8-21-20(22-18)26-15(3)9-14(2)25-26;1-13-7-9-25(24-13)17-5-3-4-15(12-17)11-16-6-8-20-19(21-16)18-10-14(2)22-23-18;1-14-11-18(23-22-14)16-6-2-5-15(12-16)13-17-7-3-8-19(21-17)24-10-4-9-20-24;;;;/h4-10H,11H2,1-3H3;4-10H,12H2,1-3H3;3-10H,11H2,1-2H3;2-11H,13H2,1H3;;;;/q4*-2;4*+2. The van der Waals surface area contributed by atoms with E-state index in [0.29, 0.717) is 54.7 Å². The minimum absolute atomic E-state index is 0. The van der Waals surface area contributed by atoms with Crippen LogP contribution in [0.25, 0.3) is 68.7 Å². The van der Waals surface area contributed by atoms with E-state index in [9.17, 15) is 0 Å². The first-order chi connectivity index (χ1) is 49.1. The van der Waals surface area contributed by atoms with Gasteiger partial charge in [0.05, 0.1) is 17.1 Å². The molecule has 0 aliphatic rings. The van der Waals surface area contributed by atoms with Gasteiger partial charge in [0.1, 0.15) is 11.6 Å². The summed E-state index contributed by atoms with van der Waals surface area (Å²) in [5, 5.41) is 50.3. The van der Waals surface area contributed by atoms with Crippen molar-refractivity contribution >= 4 is 0 Å². The molecule has 23 nitrogen and oxygen atoms in total. The van der Waals surface area contributed by atoms with Gasteiger partial charge >= 0.3 is 81.7 Å². The third-order valence-corrected chi connectivity index (χ3v) is 15.6. The maximum atomic E-state index is 4.67. The van der Waals surface area contributed by atoms with Crippen molar-refractivity contribution in [3.8, 4) is 68.7 Å². The number of rotatable bonds is 16. The van der Waals surface area contributed by atoms with Crippen LogP contribution in [0, 0.1) is 86.6 Å². The normalized spacial score (nSPS) is 10.6. The number of benzene rings is 4. The van der Waals surface area contributed by atoms with E-state index in [1.807, 2.05) is 230 Å². The fourth-order valence-corrected chi connectivity index (χ4v) is 11.0. The SMILES string of the molecule is Cc1cc(-c2[c-]c(Cc3cccc(-n4cccn4)n3)ccc2)[n-]n1.Cc1cc(-c2[c-]c(Cc3ccnc(-n4nc(C)cc4C)n3)ccc2)[n-]n1.Cc1cc(-c2nccc(Cc3[c-]c(-n4ccc(C)n4)ccc3)n2)[n-]n1.Cc1cc(-c2nccc(Cc3[c-]c(-n4nc(C)cc4C)ccc3)n2)[n-]n1.[Pd+2].[Pd+2].[Pd+2].[Pd+2]. The van der Waals surface area contributed by atoms with Crippen LogP contribution >= 0.6 is 0 Å². The van der Waals surface area contributed by atoms with Crippen LogP contribution in [0.1, 0.15) is 96.3 Å². The molecule has 0 aliphatic heterocycles. The van der Waals surface area contributed by atoms with Gasteiger partial charge in [0, 0.05) is 94.1 Å². The maximum Gasteiger partial charge on any atom is 2.00 e. The molecule has 0 atom stereocenters. The molecule has 0 fully saturated rings. The van der Waals surface area contributed by atoms with Crippen molar-refractivity contribution in [1.82, 2.24) is 115 Å². The molecule has 0 bridgehead atoms. The molecular formula is C78H67N23Pd4. The Hall–Kier alpha value is -10.4. The summed E-state index contributed by atoms with van der Waals surface area (Å²) in [6.07, 6.45) is 13.5. The number of hydrogen-bond acceptors (Lipinski definition) is 15. The van der Waals surface area contributed by atoms with E-state index in [2.05, 4.69) is 132 Å². The smallest absolute Gasteiger partial charge is 0.619 e. The summed E-state index contributed by atoms with van der Waals surface area (Å²) >= 11 is 0. The van der Waals surface area contributed by atoms with Crippen LogP contribution < -0.4 is 20.4 Å². The molecule has 16 aromatic rings. The Morgan fingerprint density at radius 3 is 1.23 bits per heavy atom. The summed E-state index contributed by atoms with van der Waals surface area (Å²) in [5.41, 5.74) is 23.3. The van der Waals surface area contributed by atoms with Crippen LogP contribution in [-0.2, 0) is 107 Å². The Labute approximate surface area is 663 Å². The minimum Gasteiger partial charge on any atom is -0.619 e. The molecule has 0 N–H and O–H groups in total. The molecular weight excluding hydrogens is 1680 g/mol. The van der Waals surface area contributed by atoms with Crippen LogP contribution in [0.3, 0.4) is 0 Å². The quantitative estimate of drug-likeness (QED) is 0.0642. The van der Waals surface area contributed by atoms with E-state index in [-0.39, 0.29) is 81.7 Å². The molecule has 16 rings (SSSR count). The molecule has 4 aromatic carbocycles. The minimum atomic E-state index is 0. The predicted molar refractivity (Wildman–Crippen MR) is 380 cm³/mol. The van der Waals surface area contributed by atoms with Crippen molar-refractivity contribution in [3.63, 3.8) is 0 Å². The zero-order valence-corrected chi connectivity index (χ0v) is 64.6. The van der Waals surface area contributed by atoms with Gasteiger partial charge in [-0.15, -0.1) is 71.8 Å². The molecule has 0 saturated heterocycles. The van der Waals surface area contributed by atoms with Crippen molar-refractivity contribution in [3.05, 3.63) is 315 Å². The van der Waals surface area contributed by atoms with Gasteiger partial charge in [-0.05, 0) is 154 Å². The first-order valence-corrected chi connectivity index (χ1v) is 32.6. The Bertz CT molecular complexity index is 5190. The van der Waals surface area contributed by atoms with Crippen LogP contribution in [0.4, 0.5) is 0 Å². The Morgan fingerprint density at radius 2 is 0.771 bits per heavy atom. The molecule has 0 spiro atoms. The van der Waals surface area contributed by atoms with Crippen LogP contribution in [0.5, 0.6) is 0 Å². The van der Waals surface area contributed by atoms with Gasteiger partial charge in [-0.1, -0.05) is 41.7 Å². The number of pyridine rings is 1. The molecule has 12 aromatic heterocycles. The van der Waals surface area contributed by atoms with Gasteiger partial charge in [-0.2, -0.15) is 79.0 Å². The maximum absolute atomic E-state index is 4.67. The van der Waals surface area contributed by atoms with Gasteiger partial charge < -0.3 is 40.8 Å². The molecule has 534 valence electrons. The summed E-state index contributed by atoms with van der Waals surface area (Å²) in [6, 6.07) is 65.2. The van der Waals surface area contributed by atoms with Crippen LogP contribution in [0.15, 0.2) is 195 Å². The second-order valence-electron chi connectivity index (χ2n) is 24.1. The van der Waals surface area contributed by atoms with Gasteiger partial charge in [0.2, 0.25) is 0 Å². The van der Waals surface area contributed by atoms with E-state index in [0.717, 1.165) is 136 Å². The van der Waals surface area contributed by atoms with E-state index < -0.39 is 0 Å². The fourth-order valence-electron chi connectivity index (χ4n) is 11.0. The van der Waals surface area contributed by atoms with Crippen molar-refractivity contribution < 1.29 is 81.7 Å². The summed E-state index contributed by atoms with van der Waals surface area (Å²) in [4.78, 5) is 31.5. The first kappa shape index (κ1) is 78.7. The van der Waals surface area contributed by atoms with Gasteiger partial charge in [0.25, 0.3) is 5.95 Å². The second-order valence-corrected chi connectivity index (χ2v) is 24.1. The van der Waals surface area contributed by atoms with Gasteiger partial charge in [0.15, 0.2) is 5.82 Å². The largest absolute Gasteiger partial charge is 2.00 e. The second kappa shape index (κ2) is 36.8.